The maximum Gasteiger partial charge on any atom is 0.309 e. The number of Topliss-reactive ketones (excluding diaryl/α,β-unsaturated/α-hetero) is 2. The predicted octanol–water partition coefficient (Wildman–Crippen LogP) is 2.14. The molecule has 3 aliphatic heterocycles. The van der Waals surface area contributed by atoms with Crippen LogP contribution in [0.3, 0.4) is 0 Å². The Bertz CT molecular complexity index is 1680. The van der Waals surface area contributed by atoms with E-state index in [1.165, 1.54) is 22.5 Å². The first-order chi connectivity index (χ1) is 21.5. The molecule has 4 saturated carbocycles. The van der Waals surface area contributed by atoms with Gasteiger partial charge >= 0.3 is 5.97 Å². The van der Waals surface area contributed by atoms with Crippen molar-refractivity contribution in [2.24, 2.45) is 39.9 Å². The highest BCUT2D eigenvalue weighted by Crippen LogP contribution is 2.76. The summed E-state index contributed by atoms with van der Waals surface area (Å²) in [5, 5.41) is 35.4. The Morgan fingerprint density at radius 1 is 1.17 bits per heavy atom. The van der Waals surface area contributed by atoms with Crippen molar-refractivity contribution in [2.45, 2.75) is 75.3 Å². The monoisotopic (exact) mass is 658 g/mol. The minimum Gasteiger partial charge on any atom is -0.460 e. The van der Waals surface area contributed by atoms with Crippen LogP contribution in [0.4, 0.5) is 5.69 Å². The number of nitro benzene ring substituents is 1. The number of aliphatic hydroxyl groups excluding tert-OH is 1. The zero-order valence-electron chi connectivity index (χ0n) is 25.7. The number of ether oxygens (including phenoxy) is 2. The molecule has 8 atom stereocenters. The second-order valence-corrected chi connectivity index (χ2v) is 16.5. The molecule has 7 aliphatic rings. The molecule has 2 spiro atoms. The van der Waals surface area contributed by atoms with Gasteiger partial charge in [0.25, 0.3) is 5.69 Å². The molecule has 248 valence electrons. The first kappa shape index (κ1) is 31.6. The highest BCUT2D eigenvalue weighted by atomic mass is 32.2. The molecule has 0 aromatic heterocycles. The zero-order chi connectivity index (χ0) is 33.2. The quantitative estimate of drug-likeness (QED) is 0.204. The topological polar surface area (TPSA) is 191 Å². The van der Waals surface area contributed by atoms with Crippen molar-refractivity contribution in [3.63, 3.8) is 0 Å². The number of aliphatic hydroxyl groups is 2. The summed E-state index contributed by atoms with van der Waals surface area (Å²) in [6.07, 6.45) is -1.06. The van der Waals surface area contributed by atoms with Crippen molar-refractivity contribution in [1.29, 1.82) is 0 Å². The van der Waals surface area contributed by atoms with Gasteiger partial charge in [0.15, 0.2) is 5.78 Å². The highest BCUT2D eigenvalue weighted by Gasteiger charge is 2.88. The molecule has 2 unspecified atom stereocenters. The van der Waals surface area contributed by atoms with Gasteiger partial charge < -0.3 is 19.7 Å². The standard InChI is InChI=1S/C32H38N2O11S/c1-17-21-7-8-22-30-16-44-32(39,26(37)24(30)29(2,3)12-9-23(30)35)31(22,25(17)36)27(21)45-28(38)18-10-13-33(14-11-18)46(42,43)20-6-4-5-19(15-20)34(40)41/h4-6,15,18,21-22,24,26-27,37,39H,1,7-14,16H2,2-3H3/t21-,22-,24+,26-,27+,30?,31?,32-/m0/s1. The van der Waals surface area contributed by atoms with Crippen LogP contribution in [-0.2, 0) is 33.9 Å². The number of esters is 1. The molecule has 13 nitrogen and oxygen atoms in total. The Morgan fingerprint density at radius 2 is 1.87 bits per heavy atom. The van der Waals surface area contributed by atoms with Crippen LogP contribution in [-0.4, -0.2) is 83.1 Å². The maximum absolute atomic E-state index is 14.3. The number of sulfonamides is 1. The Hall–Kier alpha value is -3.04. The Labute approximate surface area is 266 Å². The lowest BCUT2D eigenvalue weighted by Crippen LogP contribution is -2.85. The third kappa shape index (κ3) is 3.76. The van der Waals surface area contributed by atoms with E-state index in [9.17, 15) is 43.1 Å². The van der Waals surface area contributed by atoms with Crippen LogP contribution in [0.5, 0.6) is 0 Å². The van der Waals surface area contributed by atoms with Gasteiger partial charge in [-0.05, 0) is 55.1 Å². The van der Waals surface area contributed by atoms with E-state index in [1.807, 2.05) is 13.8 Å². The van der Waals surface area contributed by atoms with Gasteiger partial charge in [0.2, 0.25) is 15.8 Å². The number of nitrogens with zero attached hydrogens (tertiary/aromatic N) is 2. The van der Waals surface area contributed by atoms with Gasteiger partial charge in [-0.3, -0.25) is 24.5 Å². The number of piperidine rings is 1. The molecular formula is C32H38N2O11S. The molecule has 0 radical (unpaired) electrons. The van der Waals surface area contributed by atoms with Crippen molar-refractivity contribution < 1.29 is 47.4 Å². The molecule has 2 N–H and O–H groups in total. The number of rotatable bonds is 5. The number of non-ortho nitro benzene ring substituents is 1. The summed E-state index contributed by atoms with van der Waals surface area (Å²) in [5.74, 6) is -6.52. The van der Waals surface area contributed by atoms with E-state index in [1.54, 1.807) is 0 Å². The summed E-state index contributed by atoms with van der Waals surface area (Å²) in [7, 11) is -4.07. The van der Waals surface area contributed by atoms with Crippen LogP contribution >= 0.6 is 0 Å². The molecule has 1 aromatic rings. The van der Waals surface area contributed by atoms with Gasteiger partial charge in [-0.25, -0.2) is 8.42 Å². The first-order valence-corrected chi connectivity index (χ1v) is 17.3. The molecule has 3 heterocycles. The van der Waals surface area contributed by atoms with Crippen LogP contribution in [0.25, 0.3) is 0 Å². The van der Waals surface area contributed by atoms with Gasteiger partial charge in [-0.15, -0.1) is 0 Å². The third-order valence-electron chi connectivity index (χ3n) is 12.3. The molecule has 1 aromatic carbocycles. The van der Waals surface area contributed by atoms with Gasteiger partial charge in [0.1, 0.15) is 23.4 Å². The minimum atomic E-state index is -4.07. The van der Waals surface area contributed by atoms with Crippen molar-refractivity contribution >= 4 is 33.2 Å². The summed E-state index contributed by atoms with van der Waals surface area (Å²) in [5.41, 5.74) is -3.87. The fourth-order valence-electron chi connectivity index (χ4n) is 10.2. The van der Waals surface area contributed by atoms with Crippen molar-refractivity contribution in [3.8, 4) is 0 Å². The molecule has 14 heteroatoms. The summed E-state index contributed by atoms with van der Waals surface area (Å²) in [6.45, 7) is 7.70. The predicted molar refractivity (Wildman–Crippen MR) is 158 cm³/mol. The van der Waals surface area contributed by atoms with Crippen LogP contribution in [0.1, 0.15) is 52.4 Å². The third-order valence-corrected chi connectivity index (χ3v) is 14.2. The highest BCUT2D eigenvalue weighted by molar-refractivity contribution is 7.89. The summed E-state index contributed by atoms with van der Waals surface area (Å²) in [6, 6.07) is 4.77. The summed E-state index contributed by atoms with van der Waals surface area (Å²) in [4.78, 5) is 52.3. The second kappa shape index (κ2) is 9.99. The molecular weight excluding hydrogens is 620 g/mol. The van der Waals surface area contributed by atoms with Gasteiger partial charge in [-0.1, -0.05) is 26.5 Å². The normalized spacial score (nSPS) is 40.3. The van der Waals surface area contributed by atoms with E-state index in [4.69, 9.17) is 9.47 Å². The Balaban J connectivity index is 1.17. The van der Waals surface area contributed by atoms with Crippen LogP contribution in [0.15, 0.2) is 41.3 Å². The lowest BCUT2D eigenvalue weighted by Gasteiger charge is -2.73. The fraction of sp³-hybridized carbons (Fsp3) is 0.656. The van der Waals surface area contributed by atoms with E-state index >= 15 is 0 Å². The molecule has 0 amide bonds. The van der Waals surface area contributed by atoms with Gasteiger partial charge in [0.05, 0.1) is 27.8 Å². The number of hydrogen-bond acceptors (Lipinski definition) is 11. The van der Waals surface area contributed by atoms with Gasteiger partial charge in [0, 0.05) is 43.5 Å². The number of nitro groups is 1. The van der Waals surface area contributed by atoms with E-state index < -0.39 is 84.6 Å². The number of ketones is 2. The largest absolute Gasteiger partial charge is 0.460 e. The second-order valence-electron chi connectivity index (χ2n) is 14.6. The Kier molecular flexibility index (Phi) is 6.85. The van der Waals surface area contributed by atoms with Crippen molar-refractivity contribution in [1.82, 2.24) is 4.31 Å². The molecule has 4 aliphatic carbocycles. The molecule has 3 saturated heterocycles. The van der Waals surface area contributed by atoms with Crippen LogP contribution in [0, 0.1) is 50.0 Å². The lowest BCUT2D eigenvalue weighted by atomic mass is 9.36. The number of carbonyl (C=O) groups is 3. The van der Waals surface area contributed by atoms with Crippen LogP contribution in [0.2, 0.25) is 0 Å². The lowest BCUT2D eigenvalue weighted by molar-refractivity contribution is -0.437. The first-order valence-electron chi connectivity index (χ1n) is 15.8. The van der Waals surface area contributed by atoms with E-state index in [0.717, 1.165) is 6.07 Å². The smallest absolute Gasteiger partial charge is 0.309 e. The van der Waals surface area contributed by atoms with Crippen LogP contribution < -0.4 is 0 Å². The number of fused-ring (bicyclic) bond motifs is 2. The van der Waals surface area contributed by atoms with E-state index in [0.29, 0.717) is 19.3 Å². The number of hydrogen-bond donors (Lipinski definition) is 2. The Morgan fingerprint density at radius 3 is 2.54 bits per heavy atom. The molecule has 7 fully saturated rings. The SMILES string of the molecule is C=C1C(=O)C23[C@H](OC(=O)C4CCN(S(=O)(=O)c5cccc([N+](=O)[O-])c5)CC4)[C@H]1CC[C@H]2C12CO[C@@]3(O)[C@@H](O)[C@@H]1C(C)(C)CCC2=O. The zero-order valence-corrected chi connectivity index (χ0v) is 26.5. The average Bonchev–Trinajstić information content (AvgIpc) is 3.13. The number of benzene rings is 1. The van der Waals surface area contributed by atoms with E-state index in [-0.39, 0.29) is 60.9 Å². The van der Waals surface area contributed by atoms with Gasteiger partial charge in [-0.2, -0.15) is 4.31 Å². The summed E-state index contributed by atoms with van der Waals surface area (Å²) >= 11 is 0. The van der Waals surface area contributed by atoms with Crippen molar-refractivity contribution in [2.75, 3.05) is 19.7 Å². The summed E-state index contributed by atoms with van der Waals surface area (Å²) < 4.78 is 39.8. The van der Waals surface area contributed by atoms with Crippen molar-refractivity contribution in [3.05, 3.63) is 46.5 Å². The number of carbonyl (C=O) groups excluding carboxylic acids is 3. The molecule has 46 heavy (non-hydrogen) atoms. The molecule has 8 rings (SSSR count). The average molecular weight is 659 g/mol. The maximum atomic E-state index is 14.3. The minimum absolute atomic E-state index is 0.0432. The van der Waals surface area contributed by atoms with E-state index in [2.05, 4.69) is 6.58 Å². The molecule has 4 bridgehead atoms. The fourth-order valence-corrected chi connectivity index (χ4v) is 11.7.